The van der Waals surface area contributed by atoms with Crippen molar-refractivity contribution in [1.29, 1.82) is 0 Å². The van der Waals surface area contributed by atoms with E-state index < -0.39 is 11.7 Å². The highest BCUT2D eigenvalue weighted by molar-refractivity contribution is 5.81. The molecule has 7 nitrogen and oxygen atoms in total. The molecule has 1 saturated carbocycles. The molecule has 30 heavy (non-hydrogen) atoms. The number of benzene rings is 1. The second-order valence-corrected chi connectivity index (χ2v) is 7.86. The van der Waals surface area contributed by atoms with Crippen molar-refractivity contribution < 1.29 is 22.5 Å². The molecule has 1 N–H and O–H groups in total. The van der Waals surface area contributed by atoms with Crippen LogP contribution in [0.3, 0.4) is 0 Å². The molecular weight excluding hydrogens is 399 g/mol. The molecule has 2 aromatic rings. The van der Waals surface area contributed by atoms with E-state index >= 15 is 0 Å². The predicted molar refractivity (Wildman–Crippen MR) is 102 cm³/mol. The van der Waals surface area contributed by atoms with Crippen LogP contribution in [0, 0.1) is 0 Å². The van der Waals surface area contributed by atoms with E-state index in [1.807, 2.05) is 6.92 Å². The van der Waals surface area contributed by atoms with E-state index in [0.717, 1.165) is 51.2 Å². The fourth-order valence-electron chi connectivity index (χ4n) is 3.49. The zero-order valence-corrected chi connectivity index (χ0v) is 16.7. The Kier molecular flexibility index (Phi) is 5.79. The number of carbonyl (C=O) groups is 1. The highest BCUT2D eigenvalue weighted by atomic mass is 19.4. The topological polar surface area (TPSA) is 74.5 Å². The molecule has 1 aromatic carbocycles. The van der Waals surface area contributed by atoms with Gasteiger partial charge in [0.2, 0.25) is 17.6 Å². The third-order valence-electron chi connectivity index (χ3n) is 5.53. The highest BCUT2D eigenvalue weighted by Crippen LogP contribution is 2.31. The SMILES string of the molecule is CC(C(=O)NC1CC1)N1CCN(Cc2nc(-c3cccc(C(F)(F)F)c3)no2)CC1. The van der Waals surface area contributed by atoms with Crippen molar-refractivity contribution in [1.82, 2.24) is 25.3 Å². The van der Waals surface area contributed by atoms with Crippen LogP contribution < -0.4 is 5.32 Å². The largest absolute Gasteiger partial charge is 0.416 e. The molecular formula is C20H24F3N5O2. The first-order chi connectivity index (χ1) is 14.3. The summed E-state index contributed by atoms with van der Waals surface area (Å²) >= 11 is 0. The van der Waals surface area contributed by atoms with E-state index in [9.17, 15) is 18.0 Å². The molecule has 1 aliphatic carbocycles. The smallest absolute Gasteiger partial charge is 0.352 e. The molecule has 0 radical (unpaired) electrons. The molecule has 1 aliphatic heterocycles. The summed E-state index contributed by atoms with van der Waals surface area (Å²) < 4.78 is 44.0. The van der Waals surface area contributed by atoms with Gasteiger partial charge in [0.25, 0.3) is 0 Å². The first-order valence-corrected chi connectivity index (χ1v) is 10.1. The maximum Gasteiger partial charge on any atom is 0.416 e. The quantitative estimate of drug-likeness (QED) is 0.770. The summed E-state index contributed by atoms with van der Waals surface area (Å²) in [6, 6.07) is 5.07. The number of nitrogens with one attached hydrogen (secondary N) is 1. The molecule has 1 atom stereocenters. The van der Waals surface area contributed by atoms with Gasteiger partial charge in [-0.15, -0.1) is 0 Å². The van der Waals surface area contributed by atoms with Gasteiger partial charge in [-0.2, -0.15) is 18.2 Å². The van der Waals surface area contributed by atoms with Gasteiger partial charge in [-0.05, 0) is 31.9 Å². The Morgan fingerprint density at radius 1 is 1.27 bits per heavy atom. The summed E-state index contributed by atoms with van der Waals surface area (Å²) in [5, 5.41) is 6.87. The summed E-state index contributed by atoms with van der Waals surface area (Å²) in [6.07, 6.45) is -2.28. The monoisotopic (exact) mass is 423 g/mol. The van der Waals surface area contributed by atoms with Crippen LogP contribution in [0.25, 0.3) is 11.4 Å². The van der Waals surface area contributed by atoms with Crippen LogP contribution in [0.2, 0.25) is 0 Å². The molecule has 1 unspecified atom stereocenters. The lowest BCUT2D eigenvalue weighted by atomic mass is 10.1. The van der Waals surface area contributed by atoms with E-state index in [4.69, 9.17) is 4.52 Å². The van der Waals surface area contributed by atoms with Crippen LogP contribution in [-0.2, 0) is 17.5 Å². The molecule has 2 aliphatic rings. The zero-order valence-electron chi connectivity index (χ0n) is 16.7. The fraction of sp³-hybridized carbons (Fsp3) is 0.550. The second kappa shape index (κ2) is 8.35. The Labute approximate surface area is 172 Å². The summed E-state index contributed by atoms with van der Waals surface area (Å²) in [5.74, 6) is 0.573. The molecule has 1 aromatic heterocycles. The molecule has 0 spiro atoms. The van der Waals surface area contributed by atoms with Gasteiger partial charge in [0.05, 0.1) is 18.2 Å². The number of hydrogen-bond acceptors (Lipinski definition) is 6. The predicted octanol–water partition coefficient (Wildman–Crippen LogP) is 2.54. The Morgan fingerprint density at radius 2 is 2.00 bits per heavy atom. The number of rotatable bonds is 6. The number of alkyl halides is 3. The van der Waals surface area contributed by atoms with Gasteiger partial charge in [-0.3, -0.25) is 14.6 Å². The highest BCUT2D eigenvalue weighted by Gasteiger charge is 2.32. The minimum atomic E-state index is -4.42. The first-order valence-electron chi connectivity index (χ1n) is 10.1. The third kappa shape index (κ3) is 4.99. The summed E-state index contributed by atoms with van der Waals surface area (Å²) in [4.78, 5) is 20.8. The van der Waals surface area contributed by atoms with Crippen molar-refractivity contribution in [2.24, 2.45) is 0 Å². The standard InChI is InChI=1S/C20H24F3N5O2/c1-13(19(29)24-16-5-6-16)28-9-7-27(8-10-28)12-17-25-18(26-30-17)14-3-2-4-15(11-14)20(21,22)23/h2-4,11,13,16H,5-10,12H2,1H3,(H,24,29). The lowest BCUT2D eigenvalue weighted by molar-refractivity contribution is -0.137. The molecule has 1 amide bonds. The number of piperazine rings is 1. The van der Waals surface area contributed by atoms with E-state index in [1.165, 1.54) is 12.1 Å². The van der Waals surface area contributed by atoms with Crippen molar-refractivity contribution in [2.45, 2.75) is 44.6 Å². The first kappa shape index (κ1) is 20.8. The third-order valence-corrected chi connectivity index (χ3v) is 5.53. The van der Waals surface area contributed by atoms with Crippen molar-refractivity contribution >= 4 is 5.91 Å². The lowest BCUT2D eigenvalue weighted by Gasteiger charge is -2.36. The number of carbonyl (C=O) groups excluding carboxylic acids is 1. The van der Waals surface area contributed by atoms with Crippen LogP contribution in [-0.4, -0.2) is 64.1 Å². The van der Waals surface area contributed by atoms with Crippen LogP contribution in [0.15, 0.2) is 28.8 Å². The molecule has 0 bridgehead atoms. The minimum Gasteiger partial charge on any atom is -0.352 e. The molecule has 2 fully saturated rings. The summed E-state index contributed by atoms with van der Waals surface area (Å²) in [5.41, 5.74) is -0.484. The number of hydrogen-bond donors (Lipinski definition) is 1. The maximum atomic E-state index is 12.9. The Morgan fingerprint density at radius 3 is 2.67 bits per heavy atom. The maximum absolute atomic E-state index is 12.9. The minimum absolute atomic E-state index is 0.0774. The van der Waals surface area contributed by atoms with E-state index in [2.05, 4.69) is 25.3 Å². The van der Waals surface area contributed by atoms with Crippen LogP contribution in [0.1, 0.15) is 31.2 Å². The van der Waals surface area contributed by atoms with E-state index in [1.54, 1.807) is 0 Å². The van der Waals surface area contributed by atoms with Gasteiger partial charge >= 0.3 is 6.18 Å². The Bertz CT molecular complexity index is 889. The Balaban J connectivity index is 1.31. The van der Waals surface area contributed by atoms with Gasteiger partial charge in [-0.25, -0.2) is 0 Å². The number of nitrogens with zero attached hydrogens (tertiary/aromatic N) is 4. The Hall–Kier alpha value is -2.46. The second-order valence-electron chi connectivity index (χ2n) is 7.86. The number of amides is 1. The van der Waals surface area contributed by atoms with Crippen molar-refractivity contribution in [2.75, 3.05) is 26.2 Å². The number of aromatic nitrogens is 2. The number of halogens is 3. The fourth-order valence-corrected chi connectivity index (χ4v) is 3.49. The van der Waals surface area contributed by atoms with E-state index in [0.29, 0.717) is 18.5 Å². The molecule has 4 rings (SSSR count). The summed E-state index contributed by atoms with van der Waals surface area (Å²) in [7, 11) is 0. The van der Waals surface area contributed by atoms with Crippen LogP contribution in [0.4, 0.5) is 13.2 Å². The van der Waals surface area contributed by atoms with Crippen LogP contribution >= 0.6 is 0 Å². The molecule has 10 heteroatoms. The van der Waals surface area contributed by atoms with E-state index in [-0.39, 0.29) is 23.3 Å². The van der Waals surface area contributed by atoms with Gasteiger partial charge in [0.15, 0.2) is 0 Å². The average Bonchev–Trinajstić information content (AvgIpc) is 3.42. The van der Waals surface area contributed by atoms with Crippen molar-refractivity contribution in [3.63, 3.8) is 0 Å². The van der Waals surface area contributed by atoms with Gasteiger partial charge in [-0.1, -0.05) is 17.3 Å². The van der Waals surface area contributed by atoms with Gasteiger partial charge in [0, 0.05) is 37.8 Å². The normalized spacial score (nSPS) is 19.6. The van der Waals surface area contributed by atoms with Gasteiger partial charge in [0.1, 0.15) is 0 Å². The van der Waals surface area contributed by atoms with Crippen molar-refractivity contribution in [3.8, 4) is 11.4 Å². The summed E-state index contributed by atoms with van der Waals surface area (Å²) in [6.45, 7) is 5.31. The molecule has 1 saturated heterocycles. The van der Waals surface area contributed by atoms with Crippen molar-refractivity contribution in [3.05, 3.63) is 35.7 Å². The average molecular weight is 423 g/mol. The zero-order chi connectivity index (χ0) is 21.3. The van der Waals surface area contributed by atoms with Gasteiger partial charge < -0.3 is 9.84 Å². The lowest BCUT2D eigenvalue weighted by Crippen LogP contribution is -2.53. The molecule has 162 valence electrons. The van der Waals surface area contributed by atoms with Crippen LogP contribution in [0.5, 0.6) is 0 Å². The molecule has 2 heterocycles.